The predicted octanol–water partition coefficient (Wildman–Crippen LogP) is 6.58. The lowest BCUT2D eigenvalue weighted by Gasteiger charge is -2.17. The molecular weight excluding hydrogens is 518 g/mol. The minimum absolute atomic E-state index is 0.0943. The summed E-state index contributed by atoms with van der Waals surface area (Å²) in [5, 5.41) is 3.07. The highest BCUT2D eigenvalue weighted by Crippen LogP contribution is 2.34. The molecule has 1 amide bonds. The highest BCUT2D eigenvalue weighted by molar-refractivity contribution is 9.10. The number of pyridine rings is 1. The van der Waals surface area contributed by atoms with Gasteiger partial charge >= 0.3 is 0 Å². The number of nitrogens with one attached hydrogen (secondary N) is 1. The van der Waals surface area contributed by atoms with Crippen LogP contribution in [0.4, 0.5) is 11.5 Å². The van der Waals surface area contributed by atoms with Crippen LogP contribution >= 0.6 is 15.9 Å². The molecule has 1 atom stereocenters. The fourth-order valence-corrected chi connectivity index (χ4v) is 4.76. The van der Waals surface area contributed by atoms with E-state index in [2.05, 4.69) is 54.8 Å². The monoisotopic (exact) mass is 543 g/mol. The summed E-state index contributed by atoms with van der Waals surface area (Å²) in [6, 6.07) is 14.9. The van der Waals surface area contributed by atoms with Crippen molar-refractivity contribution in [1.82, 2.24) is 15.3 Å². The van der Waals surface area contributed by atoms with Crippen LogP contribution in [0.25, 0.3) is 27.4 Å². The number of amides is 1. The maximum absolute atomic E-state index is 12.8. The van der Waals surface area contributed by atoms with Crippen LogP contribution < -0.4 is 10.2 Å². The van der Waals surface area contributed by atoms with Crippen molar-refractivity contribution in [3.63, 3.8) is 0 Å². The highest BCUT2D eigenvalue weighted by Gasteiger charge is 2.24. The highest BCUT2D eigenvalue weighted by atomic mass is 79.9. The molecule has 7 nitrogen and oxygen atoms in total. The number of halogens is 1. The average Bonchev–Trinajstić information content (AvgIpc) is 3.54. The first kappa shape index (κ1) is 24.0. The third-order valence-corrected chi connectivity index (χ3v) is 6.99. The molecule has 4 aromatic rings. The normalized spacial score (nSPS) is 15.4. The van der Waals surface area contributed by atoms with Gasteiger partial charge in [0, 0.05) is 41.4 Å². The van der Waals surface area contributed by atoms with Gasteiger partial charge in [0.2, 0.25) is 5.89 Å². The summed E-state index contributed by atoms with van der Waals surface area (Å²) >= 11 is 3.42. The van der Waals surface area contributed by atoms with E-state index in [1.165, 1.54) is 0 Å². The molecule has 0 radical (unpaired) electrons. The Balaban J connectivity index is 1.23. The molecule has 1 fully saturated rings. The van der Waals surface area contributed by atoms with Crippen molar-refractivity contribution < 1.29 is 9.21 Å². The van der Waals surface area contributed by atoms with Gasteiger partial charge in [-0.2, -0.15) is 0 Å². The first-order valence-corrected chi connectivity index (χ1v) is 12.8. The first-order valence-electron chi connectivity index (χ1n) is 12.0. The fraction of sp³-hybridized carbons (Fsp3) is 0.286. The summed E-state index contributed by atoms with van der Waals surface area (Å²) in [5.74, 6) is 1.94. The number of anilines is 1. The number of rotatable bonds is 6. The molecule has 0 spiro atoms. The summed E-state index contributed by atoms with van der Waals surface area (Å²) in [7, 11) is 0. The lowest BCUT2D eigenvalue weighted by Crippen LogP contribution is -2.31. The van der Waals surface area contributed by atoms with E-state index in [9.17, 15) is 4.79 Å². The summed E-state index contributed by atoms with van der Waals surface area (Å²) in [6.07, 6.45) is 2.82. The topological polar surface area (TPSA) is 75.6 Å². The van der Waals surface area contributed by atoms with Crippen molar-refractivity contribution in [2.75, 3.05) is 24.5 Å². The van der Waals surface area contributed by atoms with Gasteiger partial charge in [-0.05, 0) is 88.3 Å². The molecular formula is C28H26BrN5O2. The number of hydrogen-bond donors (Lipinski definition) is 1. The zero-order valence-electron chi connectivity index (χ0n) is 20.2. The van der Waals surface area contributed by atoms with E-state index < -0.39 is 0 Å². The van der Waals surface area contributed by atoms with E-state index >= 15 is 0 Å². The average molecular weight is 544 g/mol. The zero-order chi connectivity index (χ0) is 25.2. The Morgan fingerprint density at radius 2 is 2.06 bits per heavy atom. The van der Waals surface area contributed by atoms with Gasteiger partial charge in [0.25, 0.3) is 5.91 Å². The van der Waals surface area contributed by atoms with Crippen LogP contribution in [-0.4, -0.2) is 35.5 Å². The van der Waals surface area contributed by atoms with Gasteiger partial charge in [-0.1, -0.05) is 13.8 Å². The van der Waals surface area contributed by atoms with E-state index in [4.69, 9.17) is 11.0 Å². The molecule has 1 aliphatic rings. The number of carbonyl (C=O) groups is 1. The molecule has 3 heterocycles. The largest absolute Gasteiger partial charge is 0.436 e. The van der Waals surface area contributed by atoms with Gasteiger partial charge in [0.1, 0.15) is 5.82 Å². The smallest absolute Gasteiger partial charge is 0.251 e. The van der Waals surface area contributed by atoms with Crippen LogP contribution in [-0.2, 0) is 0 Å². The first-order chi connectivity index (χ1) is 17.4. The third-order valence-electron chi connectivity index (χ3n) is 6.52. The van der Waals surface area contributed by atoms with Crippen molar-refractivity contribution in [2.24, 2.45) is 5.92 Å². The van der Waals surface area contributed by atoms with Crippen molar-refractivity contribution in [3.05, 3.63) is 81.7 Å². The molecule has 2 aromatic carbocycles. The van der Waals surface area contributed by atoms with Crippen molar-refractivity contribution in [3.8, 4) is 11.5 Å². The second-order valence-electron chi connectivity index (χ2n) is 9.39. The van der Waals surface area contributed by atoms with Gasteiger partial charge in [0.15, 0.2) is 11.3 Å². The molecule has 2 aromatic heterocycles. The molecule has 0 unspecified atom stereocenters. The van der Waals surface area contributed by atoms with Crippen LogP contribution in [0.1, 0.15) is 42.1 Å². The number of carbonyl (C=O) groups excluding carboxylic acids is 1. The molecule has 1 saturated heterocycles. The molecule has 0 aliphatic carbocycles. The van der Waals surface area contributed by atoms with Gasteiger partial charge in [-0.3, -0.25) is 4.79 Å². The molecule has 36 heavy (non-hydrogen) atoms. The van der Waals surface area contributed by atoms with Gasteiger partial charge in [-0.25, -0.2) is 14.8 Å². The van der Waals surface area contributed by atoms with E-state index in [0.717, 1.165) is 40.9 Å². The van der Waals surface area contributed by atoms with E-state index in [0.29, 0.717) is 40.7 Å². The fourth-order valence-electron chi connectivity index (χ4n) is 4.53. The van der Waals surface area contributed by atoms with Gasteiger partial charge < -0.3 is 14.6 Å². The number of nitrogens with zero attached hydrogens (tertiary/aromatic N) is 4. The maximum Gasteiger partial charge on any atom is 0.251 e. The molecule has 5 rings (SSSR count). The quantitative estimate of drug-likeness (QED) is 0.278. The molecule has 8 heteroatoms. The Morgan fingerprint density at radius 3 is 2.75 bits per heavy atom. The van der Waals surface area contributed by atoms with Crippen LogP contribution in [0.15, 0.2) is 63.6 Å². The minimum Gasteiger partial charge on any atom is -0.436 e. The summed E-state index contributed by atoms with van der Waals surface area (Å²) in [6.45, 7) is 13.9. The predicted molar refractivity (Wildman–Crippen MR) is 144 cm³/mol. The molecule has 1 aliphatic heterocycles. The van der Waals surface area contributed by atoms with E-state index in [-0.39, 0.29) is 11.8 Å². The zero-order valence-corrected chi connectivity index (χ0v) is 21.7. The Hall–Kier alpha value is -3.70. The SMILES string of the molecule is [C-]#[N+]c1cc(C(C)C)c2oc(-c3ccc(C(=O)NC[C@@H]4CCN(c5ccc(Br)cn5)C4)cc3)nc2c1. The van der Waals surface area contributed by atoms with Crippen molar-refractivity contribution in [1.29, 1.82) is 0 Å². The molecule has 182 valence electrons. The van der Waals surface area contributed by atoms with Crippen LogP contribution in [0, 0.1) is 12.5 Å². The summed E-state index contributed by atoms with van der Waals surface area (Å²) in [5.41, 5.74) is 4.28. The number of benzene rings is 2. The Morgan fingerprint density at radius 1 is 1.25 bits per heavy atom. The second kappa shape index (κ2) is 10.1. The lowest BCUT2D eigenvalue weighted by molar-refractivity contribution is 0.0948. The second-order valence-corrected chi connectivity index (χ2v) is 10.3. The van der Waals surface area contributed by atoms with Gasteiger partial charge in [0.05, 0.1) is 12.1 Å². The van der Waals surface area contributed by atoms with Crippen LogP contribution in [0.2, 0.25) is 0 Å². The van der Waals surface area contributed by atoms with Crippen LogP contribution in [0.3, 0.4) is 0 Å². The van der Waals surface area contributed by atoms with E-state index in [1.54, 1.807) is 18.2 Å². The molecule has 0 saturated carbocycles. The number of oxazole rings is 1. The Labute approximate surface area is 218 Å². The lowest BCUT2D eigenvalue weighted by atomic mass is 10.0. The molecule has 1 N–H and O–H groups in total. The third kappa shape index (κ3) is 4.98. The maximum atomic E-state index is 12.8. The van der Waals surface area contributed by atoms with Crippen LogP contribution in [0.5, 0.6) is 0 Å². The minimum atomic E-state index is -0.0943. The Bertz CT molecular complexity index is 1440. The summed E-state index contributed by atoms with van der Waals surface area (Å²) in [4.78, 5) is 27.7. The standard InChI is InChI=1S/C28H26BrN5O2/c1-17(2)23-12-22(30-3)13-24-26(23)36-28(33-24)20-6-4-19(5-7-20)27(35)32-14-18-10-11-34(16-18)25-9-8-21(29)15-31-25/h4-9,12-13,15,17-18H,10-11,14,16H2,1-2H3,(H,32,35)/t18-/m0/s1. The number of fused-ring (bicyclic) bond motifs is 1. The van der Waals surface area contributed by atoms with Crippen molar-refractivity contribution >= 4 is 44.4 Å². The van der Waals surface area contributed by atoms with Crippen molar-refractivity contribution in [2.45, 2.75) is 26.2 Å². The Kier molecular flexibility index (Phi) is 6.75. The number of aromatic nitrogens is 2. The summed E-state index contributed by atoms with van der Waals surface area (Å²) < 4.78 is 7.05. The van der Waals surface area contributed by atoms with Gasteiger partial charge in [-0.15, -0.1) is 0 Å². The number of hydrogen-bond acceptors (Lipinski definition) is 5. The molecule has 0 bridgehead atoms. The van der Waals surface area contributed by atoms with E-state index in [1.807, 2.05) is 36.5 Å².